The predicted molar refractivity (Wildman–Crippen MR) is 124 cm³/mol. The quantitative estimate of drug-likeness (QED) is 0.652. The zero-order valence-electron chi connectivity index (χ0n) is 17.6. The van der Waals surface area contributed by atoms with Gasteiger partial charge in [0, 0.05) is 16.1 Å². The van der Waals surface area contributed by atoms with Crippen LogP contribution in [-0.2, 0) is 13.0 Å². The molecule has 1 aliphatic carbocycles. The van der Waals surface area contributed by atoms with E-state index in [9.17, 15) is 0 Å². The molecule has 1 N–H and O–H groups in total. The first-order valence-electron chi connectivity index (χ1n) is 10.8. The van der Waals surface area contributed by atoms with E-state index in [2.05, 4.69) is 54.6 Å². The molecular weight excluding hydrogens is 378 g/mol. The van der Waals surface area contributed by atoms with Crippen molar-refractivity contribution in [3.63, 3.8) is 0 Å². The minimum absolute atomic E-state index is 0.154. The van der Waals surface area contributed by atoms with Gasteiger partial charge in [-0.2, -0.15) is 0 Å². The number of nitrogens with zero attached hydrogens (tertiary/aromatic N) is 2. The normalized spacial score (nSPS) is 25.2. The molecular formula is C25H32ClN3. The molecule has 154 valence electrons. The fraction of sp³-hybridized carbons (Fsp3) is 0.480. The number of hydrogen-bond acceptors (Lipinski definition) is 2. The minimum Gasteiger partial charge on any atom is -0.343 e. The zero-order valence-corrected chi connectivity index (χ0v) is 18.4. The first kappa shape index (κ1) is 20.4. The highest BCUT2D eigenvalue weighted by atomic mass is 35.5. The first-order valence-corrected chi connectivity index (χ1v) is 11.2. The largest absolute Gasteiger partial charge is 0.343 e. The Morgan fingerprint density at radius 1 is 1.10 bits per heavy atom. The molecule has 0 radical (unpaired) electrons. The Hall–Kier alpha value is -1.84. The van der Waals surface area contributed by atoms with Crippen LogP contribution in [0.3, 0.4) is 0 Å². The molecule has 1 fully saturated rings. The fourth-order valence-electron chi connectivity index (χ4n) is 4.89. The second-order valence-corrected chi connectivity index (χ2v) is 9.51. The lowest BCUT2D eigenvalue weighted by Gasteiger charge is -2.44. The van der Waals surface area contributed by atoms with Crippen molar-refractivity contribution < 1.29 is 0 Å². The number of benzene rings is 2. The number of para-hydroxylation sites is 1. The fourth-order valence-corrected chi connectivity index (χ4v) is 5.10. The van der Waals surface area contributed by atoms with Crippen molar-refractivity contribution in [3.05, 3.63) is 64.7 Å². The molecule has 29 heavy (non-hydrogen) atoms. The lowest BCUT2D eigenvalue weighted by molar-refractivity contribution is 0.199. The standard InChI is InChI=1S/C25H32ClN3/c1-29(2)15-12-19-10-13-25(14-11-19)17-21-7-3-4-9-23(21)28-24(25)27-18-20-6-5-8-22(26)16-20/h3-9,16,19H,10-15,17-18H2,1-2H3,(H,27,28). The highest BCUT2D eigenvalue weighted by Gasteiger charge is 2.42. The van der Waals surface area contributed by atoms with Gasteiger partial charge in [-0.25, -0.2) is 0 Å². The monoisotopic (exact) mass is 409 g/mol. The van der Waals surface area contributed by atoms with Crippen LogP contribution in [0.4, 0.5) is 5.69 Å². The first-order chi connectivity index (χ1) is 14.0. The average molecular weight is 410 g/mol. The molecule has 2 aromatic rings. The van der Waals surface area contributed by atoms with Crippen LogP contribution >= 0.6 is 11.6 Å². The maximum absolute atomic E-state index is 6.18. The molecule has 0 unspecified atom stereocenters. The number of amidine groups is 1. The van der Waals surface area contributed by atoms with Gasteiger partial charge in [-0.05, 0) is 94.4 Å². The van der Waals surface area contributed by atoms with E-state index in [-0.39, 0.29) is 5.41 Å². The van der Waals surface area contributed by atoms with Gasteiger partial charge in [-0.1, -0.05) is 41.9 Å². The second kappa shape index (κ2) is 8.89. The second-order valence-electron chi connectivity index (χ2n) is 9.07. The number of halogens is 1. The maximum atomic E-state index is 6.18. The summed E-state index contributed by atoms with van der Waals surface area (Å²) in [5, 5.41) is 4.49. The van der Waals surface area contributed by atoms with Crippen molar-refractivity contribution in [2.45, 2.75) is 45.1 Å². The topological polar surface area (TPSA) is 27.6 Å². The van der Waals surface area contributed by atoms with Crippen LogP contribution in [0.2, 0.25) is 5.02 Å². The van der Waals surface area contributed by atoms with Crippen molar-refractivity contribution in [3.8, 4) is 0 Å². The van der Waals surface area contributed by atoms with Gasteiger partial charge >= 0.3 is 0 Å². The summed E-state index contributed by atoms with van der Waals surface area (Å²) < 4.78 is 0. The molecule has 3 nitrogen and oxygen atoms in total. The summed E-state index contributed by atoms with van der Waals surface area (Å²) in [5.41, 5.74) is 3.97. The Balaban J connectivity index is 1.55. The minimum atomic E-state index is 0.154. The summed E-state index contributed by atoms with van der Waals surface area (Å²) in [7, 11) is 4.35. The molecule has 1 spiro atoms. The van der Waals surface area contributed by atoms with Gasteiger partial charge in [0.25, 0.3) is 0 Å². The van der Waals surface area contributed by atoms with Gasteiger partial charge in [0.05, 0.1) is 6.54 Å². The van der Waals surface area contributed by atoms with Crippen molar-refractivity contribution >= 4 is 23.1 Å². The van der Waals surface area contributed by atoms with E-state index in [1.54, 1.807) is 0 Å². The molecule has 2 aromatic carbocycles. The summed E-state index contributed by atoms with van der Waals surface area (Å²) in [6.07, 6.45) is 7.45. The molecule has 1 heterocycles. The van der Waals surface area contributed by atoms with E-state index in [1.807, 2.05) is 18.2 Å². The molecule has 1 aliphatic heterocycles. The summed E-state index contributed by atoms with van der Waals surface area (Å²) in [6, 6.07) is 16.8. The van der Waals surface area contributed by atoms with E-state index in [1.165, 1.54) is 61.3 Å². The van der Waals surface area contributed by atoms with Crippen molar-refractivity contribution in [1.29, 1.82) is 0 Å². The van der Waals surface area contributed by atoms with Crippen LogP contribution in [0.5, 0.6) is 0 Å². The van der Waals surface area contributed by atoms with Crippen LogP contribution < -0.4 is 5.32 Å². The SMILES string of the molecule is CN(C)CCC1CCC2(CC1)Cc1ccccc1NC2=NCc1cccc(Cl)c1. The predicted octanol–water partition coefficient (Wildman–Crippen LogP) is 6.04. The third-order valence-electron chi connectivity index (χ3n) is 6.66. The number of fused-ring (bicyclic) bond motifs is 1. The Bertz CT molecular complexity index is 866. The van der Waals surface area contributed by atoms with Gasteiger partial charge < -0.3 is 10.2 Å². The number of nitrogens with one attached hydrogen (secondary N) is 1. The Morgan fingerprint density at radius 2 is 1.90 bits per heavy atom. The molecule has 4 heteroatoms. The van der Waals surface area contributed by atoms with Gasteiger partial charge in [0.15, 0.2) is 0 Å². The van der Waals surface area contributed by atoms with E-state index < -0.39 is 0 Å². The summed E-state index contributed by atoms with van der Waals surface area (Å²) in [6.45, 7) is 1.87. The lowest BCUT2D eigenvalue weighted by Crippen LogP contribution is -2.44. The Labute approximate surface area is 180 Å². The molecule has 4 rings (SSSR count). The third-order valence-corrected chi connectivity index (χ3v) is 6.89. The van der Waals surface area contributed by atoms with Gasteiger partial charge in [-0.3, -0.25) is 4.99 Å². The average Bonchev–Trinajstić information content (AvgIpc) is 2.72. The van der Waals surface area contributed by atoms with Crippen LogP contribution in [0.25, 0.3) is 0 Å². The highest BCUT2D eigenvalue weighted by Crippen LogP contribution is 2.47. The van der Waals surface area contributed by atoms with Crippen molar-refractivity contribution in [1.82, 2.24) is 4.90 Å². The van der Waals surface area contributed by atoms with Gasteiger partial charge in [0.1, 0.15) is 5.84 Å². The summed E-state index contributed by atoms with van der Waals surface area (Å²) >= 11 is 6.18. The molecule has 0 aromatic heterocycles. The zero-order chi connectivity index (χ0) is 20.3. The van der Waals surface area contributed by atoms with E-state index in [0.717, 1.165) is 17.4 Å². The van der Waals surface area contributed by atoms with Gasteiger partial charge in [-0.15, -0.1) is 0 Å². The Morgan fingerprint density at radius 3 is 2.66 bits per heavy atom. The number of aliphatic imine (C=N–C) groups is 1. The van der Waals surface area contributed by atoms with E-state index >= 15 is 0 Å². The molecule has 0 atom stereocenters. The van der Waals surface area contributed by atoms with Crippen LogP contribution in [0.1, 0.15) is 43.2 Å². The van der Waals surface area contributed by atoms with Crippen LogP contribution in [-0.4, -0.2) is 31.4 Å². The van der Waals surface area contributed by atoms with E-state index in [4.69, 9.17) is 16.6 Å². The number of anilines is 1. The molecule has 0 saturated heterocycles. The molecule has 1 saturated carbocycles. The van der Waals surface area contributed by atoms with Gasteiger partial charge in [0.2, 0.25) is 0 Å². The van der Waals surface area contributed by atoms with Crippen LogP contribution in [0.15, 0.2) is 53.5 Å². The maximum Gasteiger partial charge on any atom is 0.108 e. The highest BCUT2D eigenvalue weighted by molar-refractivity contribution is 6.30. The molecule has 2 aliphatic rings. The van der Waals surface area contributed by atoms with Crippen LogP contribution in [0, 0.1) is 11.3 Å². The summed E-state index contributed by atoms with van der Waals surface area (Å²) in [5.74, 6) is 2.02. The third kappa shape index (κ3) is 4.84. The van der Waals surface area contributed by atoms with E-state index in [0.29, 0.717) is 6.54 Å². The smallest absolute Gasteiger partial charge is 0.108 e. The lowest BCUT2D eigenvalue weighted by atomic mass is 9.64. The Kier molecular flexibility index (Phi) is 6.26. The summed E-state index contributed by atoms with van der Waals surface area (Å²) in [4.78, 5) is 7.41. The number of hydrogen-bond donors (Lipinski definition) is 1. The van der Waals surface area contributed by atoms with Crippen molar-refractivity contribution in [2.24, 2.45) is 16.3 Å². The molecule has 0 bridgehead atoms. The number of rotatable bonds is 5. The van der Waals surface area contributed by atoms with Crippen molar-refractivity contribution in [2.75, 3.05) is 26.0 Å². The molecule has 0 amide bonds.